The van der Waals surface area contributed by atoms with Crippen molar-refractivity contribution in [2.45, 2.75) is 50.8 Å². The highest BCUT2D eigenvalue weighted by atomic mass is 32.2. The zero-order valence-electron chi connectivity index (χ0n) is 12.6. The van der Waals surface area contributed by atoms with E-state index < -0.39 is 10.0 Å². The number of nitrogens with zero attached hydrogens (tertiary/aromatic N) is 1. The van der Waals surface area contributed by atoms with E-state index in [1.807, 2.05) is 0 Å². The molecule has 0 saturated heterocycles. The summed E-state index contributed by atoms with van der Waals surface area (Å²) in [5, 5.41) is 8.91. The fourth-order valence-electron chi connectivity index (χ4n) is 3.04. The lowest BCUT2D eigenvalue weighted by Crippen LogP contribution is -2.35. The van der Waals surface area contributed by atoms with Crippen LogP contribution < -0.4 is 4.72 Å². The number of hydrogen-bond acceptors (Lipinski definition) is 3. The Morgan fingerprint density at radius 2 is 2.00 bits per heavy atom. The van der Waals surface area contributed by atoms with Crippen LogP contribution in [0.2, 0.25) is 0 Å². The van der Waals surface area contributed by atoms with E-state index in [4.69, 9.17) is 5.26 Å². The second-order valence-corrected chi connectivity index (χ2v) is 7.74. The second-order valence-electron chi connectivity index (χ2n) is 5.97. The normalized spacial score (nSPS) is 17.6. The molecule has 1 fully saturated rings. The number of benzene rings is 1. The van der Waals surface area contributed by atoms with E-state index in [2.05, 4.69) is 17.7 Å². The molecule has 1 saturated carbocycles. The highest BCUT2D eigenvalue weighted by Crippen LogP contribution is 2.40. The van der Waals surface area contributed by atoms with Gasteiger partial charge < -0.3 is 0 Å². The van der Waals surface area contributed by atoms with Crippen LogP contribution in [0, 0.1) is 23.7 Å². The fraction of sp³-hybridized carbons (Fsp3) is 0.562. The lowest BCUT2D eigenvalue weighted by molar-refractivity contribution is 0.285. The summed E-state index contributed by atoms with van der Waals surface area (Å²) in [4.78, 5) is 0.239. The van der Waals surface area contributed by atoms with E-state index in [0.717, 1.165) is 19.3 Å². The van der Waals surface area contributed by atoms with Crippen molar-refractivity contribution < 1.29 is 8.42 Å². The Kier molecular flexibility index (Phi) is 4.70. The Balaban J connectivity index is 2.15. The highest BCUT2D eigenvalue weighted by molar-refractivity contribution is 7.89. The van der Waals surface area contributed by atoms with Crippen molar-refractivity contribution in [1.82, 2.24) is 4.72 Å². The Morgan fingerprint density at radius 3 is 2.52 bits per heavy atom. The van der Waals surface area contributed by atoms with Gasteiger partial charge in [0.15, 0.2) is 0 Å². The van der Waals surface area contributed by atoms with Crippen molar-refractivity contribution in [3.05, 3.63) is 29.3 Å². The molecule has 114 valence electrons. The van der Waals surface area contributed by atoms with Gasteiger partial charge in [-0.3, -0.25) is 0 Å². The van der Waals surface area contributed by atoms with E-state index in [9.17, 15) is 8.42 Å². The molecule has 0 amide bonds. The third kappa shape index (κ3) is 3.45. The Morgan fingerprint density at radius 1 is 1.33 bits per heavy atom. The van der Waals surface area contributed by atoms with E-state index >= 15 is 0 Å². The lowest BCUT2D eigenvalue weighted by Gasteiger charge is -2.27. The van der Waals surface area contributed by atoms with Gasteiger partial charge in [-0.1, -0.05) is 19.8 Å². The molecule has 0 unspecified atom stereocenters. The summed E-state index contributed by atoms with van der Waals surface area (Å²) >= 11 is 0. The zero-order valence-corrected chi connectivity index (χ0v) is 13.5. The van der Waals surface area contributed by atoms with Crippen LogP contribution in [-0.4, -0.2) is 15.0 Å². The van der Waals surface area contributed by atoms with Crippen LogP contribution in [0.25, 0.3) is 0 Å². The lowest BCUT2D eigenvalue weighted by atomic mass is 9.84. The number of aryl methyl sites for hydroxylation is 1. The first kappa shape index (κ1) is 16.0. The average molecular weight is 306 g/mol. The van der Waals surface area contributed by atoms with Gasteiger partial charge in [0.05, 0.1) is 16.5 Å². The van der Waals surface area contributed by atoms with Gasteiger partial charge in [0.2, 0.25) is 10.0 Å². The minimum atomic E-state index is -3.50. The minimum Gasteiger partial charge on any atom is -0.211 e. The molecule has 0 atom stereocenters. The Hall–Kier alpha value is -1.38. The maximum Gasteiger partial charge on any atom is 0.240 e. The van der Waals surface area contributed by atoms with Gasteiger partial charge >= 0.3 is 0 Å². The Labute approximate surface area is 127 Å². The maximum absolute atomic E-state index is 12.4. The monoisotopic (exact) mass is 306 g/mol. The van der Waals surface area contributed by atoms with E-state index in [1.54, 1.807) is 19.1 Å². The van der Waals surface area contributed by atoms with Gasteiger partial charge in [0, 0.05) is 6.54 Å². The summed E-state index contributed by atoms with van der Waals surface area (Å²) in [6.07, 6.45) is 5.57. The second kappa shape index (κ2) is 6.17. The van der Waals surface area contributed by atoms with Crippen LogP contribution in [0.3, 0.4) is 0 Å². The highest BCUT2D eigenvalue weighted by Gasteiger charge is 2.33. The summed E-state index contributed by atoms with van der Waals surface area (Å²) in [6.45, 7) is 4.39. The van der Waals surface area contributed by atoms with Gasteiger partial charge in [-0.05, 0) is 55.4 Å². The van der Waals surface area contributed by atoms with Crippen molar-refractivity contribution in [2.24, 2.45) is 5.41 Å². The quantitative estimate of drug-likeness (QED) is 0.908. The number of nitriles is 1. The summed E-state index contributed by atoms with van der Waals surface area (Å²) in [7, 11) is -3.50. The number of nitrogens with one attached hydrogen (secondary N) is 1. The van der Waals surface area contributed by atoms with Crippen molar-refractivity contribution in [3.8, 4) is 6.07 Å². The smallest absolute Gasteiger partial charge is 0.211 e. The summed E-state index contributed by atoms with van der Waals surface area (Å²) in [5.41, 5.74) is 1.32. The van der Waals surface area contributed by atoms with Gasteiger partial charge in [-0.15, -0.1) is 0 Å². The molecule has 0 radical (unpaired) electrons. The molecule has 4 nitrogen and oxygen atoms in total. The standard InChI is InChI=1S/C16H22N2O2S/c1-3-16(8-4-5-9-16)12-18-21(19,20)15-7-6-14(11-17)13(2)10-15/h6-7,10,18H,3-5,8-9,12H2,1-2H3. The minimum absolute atomic E-state index is 0.120. The van der Waals surface area contributed by atoms with E-state index in [0.29, 0.717) is 17.7 Å². The third-order valence-electron chi connectivity index (χ3n) is 4.68. The predicted molar refractivity (Wildman–Crippen MR) is 82.3 cm³/mol. The first-order valence-electron chi connectivity index (χ1n) is 7.43. The fourth-order valence-corrected chi connectivity index (χ4v) is 4.28. The van der Waals surface area contributed by atoms with Crippen molar-refractivity contribution >= 4 is 10.0 Å². The van der Waals surface area contributed by atoms with Crippen LogP contribution in [0.4, 0.5) is 0 Å². The van der Waals surface area contributed by atoms with Gasteiger partial charge in [0.25, 0.3) is 0 Å². The first-order chi connectivity index (χ1) is 9.92. The SMILES string of the molecule is CCC1(CNS(=O)(=O)c2ccc(C#N)c(C)c2)CCCC1. The number of sulfonamides is 1. The van der Waals surface area contributed by atoms with Crippen molar-refractivity contribution in [3.63, 3.8) is 0 Å². The molecule has 5 heteroatoms. The molecule has 1 aromatic rings. The molecule has 0 heterocycles. The van der Waals surface area contributed by atoms with E-state index in [1.165, 1.54) is 18.9 Å². The summed E-state index contributed by atoms with van der Waals surface area (Å²) in [5.74, 6) is 0. The third-order valence-corrected chi connectivity index (χ3v) is 6.08. The maximum atomic E-state index is 12.4. The molecule has 0 bridgehead atoms. The molecule has 1 N–H and O–H groups in total. The Bertz CT molecular complexity index is 653. The summed E-state index contributed by atoms with van der Waals surface area (Å²) in [6, 6.07) is 6.68. The molecule has 0 aliphatic heterocycles. The predicted octanol–water partition coefficient (Wildman–Crippen LogP) is 3.12. The van der Waals surface area contributed by atoms with Gasteiger partial charge in [-0.2, -0.15) is 5.26 Å². The molecule has 21 heavy (non-hydrogen) atoms. The molecular weight excluding hydrogens is 284 g/mol. The van der Waals surface area contributed by atoms with Crippen LogP contribution in [-0.2, 0) is 10.0 Å². The van der Waals surface area contributed by atoms with Gasteiger partial charge in [-0.25, -0.2) is 13.1 Å². The molecule has 1 aliphatic carbocycles. The molecule has 0 spiro atoms. The molecule has 1 aliphatic rings. The molecule has 2 rings (SSSR count). The van der Waals surface area contributed by atoms with E-state index in [-0.39, 0.29) is 10.3 Å². The largest absolute Gasteiger partial charge is 0.240 e. The molecular formula is C16H22N2O2S. The first-order valence-corrected chi connectivity index (χ1v) is 8.91. The molecule has 0 aromatic heterocycles. The van der Waals surface area contributed by atoms with Crippen molar-refractivity contribution in [2.75, 3.05) is 6.54 Å². The topological polar surface area (TPSA) is 70.0 Å². The van der Waals surface area contributed by atoms with Crippen LogP contribution in [0.5, 0.6) is 0 Å². The van der Waals surface area contributed by atoms with Crippen molar-refractivity contribution in [1.29, 1.82) is 5.26 Å². The van der Waals surface area contributed by atoms with Gasteiger partial charge in [0.1, 0.15) is 0 Å². The molecule has 1 aromatic carbocycles. The number of hydrogen-bond donors (Lipinski definition) is 1. The zero-order chi connectivity index (χ0) is 15.5. The number of rotatable bonds is 5. The van der Waals surface area contributed by atoms with Crippen LogP contribution in [0.1, 0.15) is 50.2 Å². The van der Waals surface area contributed by atoms with Crippen LogP contribution >= 0.6 is 0 Å². The van der Waals surface area contributed by atoms with Crippen LogP contribution in [0.15, 0.2) is 23.1 Å². The average Bonchev–Trinajstić information content (AvgIpc) is 2.95. The summed E-state index contributed by atoms with van der Waals surface area (Å²) < 4.78 is 27.6.